The molecule has 7 rings (SSSR count). The van der Waals surface area contributed by atoms with E-state index in [1.54, 1.807) is 14.2 Å². The lowest BCUT2D eigenvalue weighted by atomic mass is 9.90. The Morgan fingerprint density at radius 3 is 1.17 bits per heavy atom. The second-order valence-corrected chi connectivity index (χ2v) is 16.2. The number of ether oxygens (including phenoxy) is 8. The molecule has 0 aliphatic carbocycles. The highest BCUT2D eigenvalue weighted by Crippen LogP contribution is 2.34. The van der Waals surface area contributed by atoms with Gasteiger partial charge in [-0.3, -0.25) is 0 Å². The van der Waals surface area contributed by atoms with E-state index in [4.69, 9.17) is 37.9 Å². The fraction of sp³-hybridized carbons (Fsp3) is 0.327. The lowest BCUT2D eigenvalue weighted by Gasteiger charge is -2.38. The molecule has 1 aliphatic rings. The van der Waals surface area contributed by atoms with Gasteiger partial charge in [0.1, 0.15) is 50.5 Å². The maximum Gasteiger partial charge on any atom is 0.321 e. The summed E-state index contributed by atoms with van der Waals surface area (Å²) in [5.74, 6) is 1.41. The third kappa shape index (κ3) is 14.5. The quantitative estimate of drug-likeness (QED) is 0.0390. The molecule has 0 bridgehead atoms. The number of rotatable bonds is 26. The fourth-order valence-electron chi connectivity index (χ4n) is 8.18. The number of urea groups is 1. The molecule has 0 aromatic heterocycles. The summed E-state index contributed by atoms with van der Waals surface area (Å²) >= 11 is 0. The maximum atomic E-state index is 16.1. The molecule has 11 nitrogen and oxygen atoms in total. The number of amides is 2. The van der Waals surface area contributed by atoms with Crippen molar-refractivity contribution < 1.29 is 42.7 Å². The minimum Gasteiger partial charge on any atom is -0.489 e. The minimum absolute atomic E-state index is 0.0482. The third-order valence-electron chi connectivity index (χ3n) is 11.5. The summed E-state index contributed by atoms with van der Waals surface area (Å²) in [7, 11) is 3.27. The van der Waals surface area contributed by atoms with E-state index in [-0.39, 0.29) is 32.7 Å². The molecule has 1 fully saturated rings. The number of carbonyl (C=O) groups excluding carboxylic acids is 1. The van der Waals surface area contributed by atoms with Gasteiger partial charge in [-0.2, -0.15) is 0 Å². The van der Waals surface area contributed by atoms with Gasteiger partial charge in [0.2, 0.25) is 0 Å². The Kier molecular flexibility index (Phi) is 19.0. The molecule has 11 heteroatoms. The molecule has 0 saturated carbocycles. The average Bonchev–Trinajstić information content (AvgIpc) is 3.43. The van der Waals surface area contributed by atoms with Crippen molar-refractivity contribution in [2.45, 2.75) is 63.4 Å². The Hall–Kier alpha value is -6.05. The fourth-order valence-corrected chi connectivity index (χ4v) is 8.18. The van der Waals surface area contributed by atoms with Crippen LogP contribution >= 0.6 is 0 Å². The van der Waals surface area contributed by atoms with E-state index in [1.165, 1.54) is 0 Å². The first-order valence-electron chi connectivity index (χ1n) is 22.6. The second kappa shape index (κ2) is 26.2. The number of benzene rings is 6. The van der Waals surface area contributed by atoms with Crippen LogP contribution in [-0.4, -0.2) is 94.4 Å². The van der Waals surface area contributed by atoms with Crippen LogP contribution in [0.1, 0.15) is 33.4 Å². The van der Waals surface area contributed by atoms with Gasteiger partial charge in [0.15, 0.2) is 0 Å². The standard InChI is InChI=1S/C55H62N2O9/c1-59-29-31-61-41-65-53-51(35-43-17-7-3-8-18-43)56(37-47-25-15-27-49(33-47)63-39-45-21-11-5-12-22-45)55(58)57(38-48-26-16-28-50(34-48)64-40-46-23-13-6-14-24-46)52(36-44-19-9-4-10-20-44)54(53)66-42-62-32-30-60-2/h3-28,33-34,51-54H,29-32,35-42H2,1-2H3/t51-,52-,53+,54+/m1/s1. The summed E-state index contributed by atoms with van der Waals surface area (Å²) in [6, 6.07) is 55.3. The maximum absolute atomic E-state index is 16.1. The van der Waals surface area contributed by atoms with E-state index in [2.05, 4.69) is 24.3 Å². The van der Waals surface area contributed by atoms with Crippen molar-refractivity contribution in [1.29, 1.82) is 0 Å². The summed E-state index contributed by atoms with van der Waals surface area (Å²) in [5.41, 5.74) is 6.02. The molecule has 0 radical (unpaired) electrons. The number of carbonyl (C=O) groups is 1. The summed E-state index contributed by atoms with van der Waals surface area (Å²) in [5, 5.41) is 0. The van der Waals surface area contributed by atoms with Crippen LogP contribution in [0.2, 0.25) is 0 Å². The van der Waals surface area contributed by atoms with Gasteiger partial charge in [-0.1, -0.05) is 146 Å². The summed E-state index contributed by atoms with van der Waals surface area (Å²) in [6.07, 6.45) is -0.448. The normalized spacial score (nSPS) is 17.4. The molecule has 0 N–H and O–H groups in total. The van der Waals surface area contributed by atoms with Gasteiger partial charge in [0.25, 0.3) is 0 Å². The molecule has 6 aromatic rings. The predicted octanol–water partition coefficient (Wildman–Crippen LogP) is 9.52. The van der Waals surface area contributed by atoms with E-state index in [0.717, 1.165) is 33.4 Å². The second-order valence-electron chi connectivity index (χ2n) is 16.2. The van der Waals surface area contributed by atoms with Crippen molar-refractivity contribution in [3.63, 3.8) is 0 Å². The van der Waals surface area contributed by atoms with Crippen LogP contribution in [0.3, 0.4) is 0 Å². The van der Waals surface area contributed by atoms with Gasteiger partial charge in [-0.15, -0.1) is 0 Å². The van der Waals surface area contributed by atoms with E-state index in [1.807, 2.05) is 155 Å². The van der Waals surface area contributed by atoms with Crippen LogP contribution in [0, 0.1) is 0 Å². The zero-order chi connectivity index (χ0) is 45.6. The summed E-state index contributed by atoms with van der Waals surface area (Å²) in [4.78, 5) is 20.0. The molecule has 1 heterocycles. The van der Waals surface area contributed by atoms with Gasteiger partial charge in [0, 0.05) is 27.3 Å². The molecular formula is C55H62N2O9. The van der Waals surface area contributed by atoms with Crippen LogP contribution in [-0.2, 0) is 67.6 Å². The highest BCUT2D eigenvalue weighted by atomic mass is 16.7. The predicted molar refractivity (Wildman–Crippen MR) is 254 cm³/mol. The van der Waals surface area contributed by atoms with Crippen molar-refractivity contribution >= 4 is 6.03 Å². The van der Waals surface area contributed by atoms with Crippen molar-refractivity contribution in [2.24, 2.45) is 0 Å². The van der Waals surface area contributed by atoms with Gasteiger partial charge in [-0.25, -0.2) is 4.79 Å². The van der Waals surface area contributed by atoms with Crippen molar-refractivity contribution in [3.05, 3.63) is 203 Å². The zero-order valence-electron chi connectivity index (χ0n) is 38.0. The molecular weight excluding hydrogens is 833 g/mol. The van der Waals surface area contributed by atoms with Crippen LogP contribution in [0.25, 0.3) is 0 Å². The van der Waals surface area contributed by atoms with Gasteiger partial charge < -0.3 is 47.7 Å². The van der Waals surface area contributed by atoms with Crippen molar-refractivity contribution in [2.75, 3.05) is 54.2 Å². The Morgan fingerprint density at radius 1 is 0.424 bits per heavy atom. The molecule has 6 aromatic carbocycles. The van der Waals surface area contributed by atoms with E-state index in [0.29, 0.717) is 64.0 Å². The first-order valence-corrected chi connectivity index (χ1v) is 22.6. The van der Waals surface area contributed by atoms with Gasteiger partial charge in [-0.05, 0) is 70.5 Å². The first-order chi connectivity index (χ1) is 32.6. The van der Waals surface area contributed by atoms with E-state index in [9.17, 15) is 0 Å². The summed E-state index contributed by atoms with van der Waals surface area (Å²) < 4.78 is 49.1. The number of hydrogen-bond donors (Lipinski definition) is 0. The van der Waals surface area contributed by atoms with Crippen molar-refractivity contribution in [3.8, 4) is 11.5 Å². The van der Waals surface area contributed by atoms with Gasteiger partial charge >= 0.3 is 6.03 Å². The number of nitrogens with zero attached hydrogens (tertiary/aromatic N) is 2. The lowest BCUT2D eigenvalue weighted by Crippen LogP contribution is -2.53. The largest absolute Gasteiger partial charge is 0.489 e. The van der Waals surface area contributed by atoms with Crippen LogP contribution in [0.5, 0.6) is 11.5 Å². The van der Waals surface area contributed by atoms with Crippen molar-refractivity contribution in [1.82, 2.24) is 9.80 Å². The molecule has 346 valence electrons. The Bertz CT molecular complexity index is 2130. The first kappa shape index (κ1) is 47.9. The summed E-state index contributed by atoms with van der Waals surface area (Å²) in [6.45, 7) is 2.72. The van der Waals surface area contributed by atoms with E-state index >= 15 is 4.79 Å². The molecule has 4 atom stereocenters. The van der Waals surface area contributed by atoms with Crippen LogP contribution < -0.4 is 9.47 Å². The highest BCUT2D eigenvalue weighted by Gasteiger charge is 2.49. The Labute approximate surface area is 389 Å². The SMILES string of the molecule is COCCOCO[C@@H]1[C@@H](OCOCCOC)[C@@H](Cc2ccccc2)N(Cc2cccc(OCc3ccccc3)c2)C(=O)N(Cc2cccc(OCc3ccccc3)c2)[C@@H]1Cc1ccccc1. The number of methoxy groups -OCH3 is 2. The third-order valence-corrected chi connectivity index (χ3v) is 11.5. The highest BCUT2D eigenvalue weighted by molar-refractivity contribution is 5.76. The monoisotopic (exact) mass is 894 g/mol. The van der Waals surface area contributed by atoms with Gasteiger partial charge in [0.05, 0.1) is 38.5 Å². The molecule has 0 spiro atoms. The zero-order valence-corrected chi connectivity index (χ0v) is 38.0. The Morgan fingerprint density at radius 2 is 0.788 bits per heavy atom. The smallest absolute Gasteiger partial charge is 0.321 e. The van der Waals surface area contributed by atoms with Crippen LogP contribution in [0.15, 0.2) is 170 Å². The lowest BCUT2D eigenvalue weighted by molar-refractivity contribution is -0.192. The molecule has 1 saturated heterocycles. The van der Waals surface area contributed by atoms with Crippen LogP contribution in [0.4, 0.5) is 4.79 Å². The molecule has 66 heavy (non-hydrogen) atoms. The molecule has 0 unspecified atom stereocenters. The number of hydrogen-bond acceptors (Lipinski definition) is 9. The molecule has 2 amide bonds. The van der Waals surface area contributed by atoms with E-state index < -0.39 is 24.3 Å². The Balaban J connectivity index is 1.32. The molecule has 1 aliphatic heterocycles. The topological polar surface area (TPSA) is 97.4 Å². The minimum atomic E-state index is -0.695. The average molecular weight is 895 g/mol.